The molecule has 132 valence electrons. The van der Waals surface area contributed by atoms with Crippen LogP contribution < -0.4 is 15.4 Å². The van der Waals surface area contributed by atoms with Crippen molar-refractivity contribution in [2.24, 2.45) is 4.99 Å². The second-order valence-corrected chi connectivity index (χ2v) is 6.47. The average Bonchev–Trinajstić information content (AvgIpc) is 3.30. The number of hydrogen-bond donors (Lipinski definition) is 2. The summed E-state index contributed by atoms with van der Waals surface area (Å²) in [6.45, 7) is 2.35. The highest BCUT2D eigenvalue weighted by molar-refractivity contribution is 5.79. The molecule has 1 aromatic heterocycles. The fourth-order valence-electron chi connectivity index (χ4n) is 3.18. The third-order valence-electron chi connectivity index (χ3n) is 4.59. The van der Waals surface area contributed by atoms with Gasteiger partial charge in [-0.1, -0.05) is 6.07 Å². The van der Waals surface area contributed by atoms with E-state index < -0.39 is 0 Å². The molecule has 1 saturated heterocycles. The molecule has 0 spiro atoms. The number of hydrogen-bond acceptors (Lipinski definition) is 4. The smallest absolute Gasteiger partial charge is 0.213 e. The number of aliphatic imine (C=N–C) groups is 1. The molecule has 1 aliphatic carbocycles. The molecule has 0 amide bonds. The maximum Gasteiger partial charge on any atom is 0.213 e. The minimum Gasteiger partial charge on any atom is -0.474 e. The van der Waals surface area contributed by atoms with Gasteiger partial charge < -0.3 is 20.1 Å². The Kier molecular flexibility index (Phi) is 6.29. The molecule has 2 N–H and O–H groups in total. The molecule has 1 unspecified atom stereocenters. The van der Waals surface area contributed by atoms with Crippen LogP contribution in [0.3, 0.4) is 0 Å². The molecule has 2 heterocycles. The summed E-state index contributed by atoms with van der Waals surface area (Å²) >= 11 is 0. The van der Waals surface area contributed by atoms with E-state index in [1.165, 1.54) is 12.8 Å². The van der Waals surface area contributed by atoms with E-state index >= 15 is 0 Å². The molecule has 1 atom stereocenters. The summed E-state index contributed by atoms with van der Waals surface area (Å²) in [7, 11) is 1.78. The summed E-state index contributed by atoms with van der Waals surface area (Å²) in [5.41, 5.74) is 1.11. The average molecular weight is 332 g/mol. The molecule has 2 aliphatic rings. The van der Waals surface area contributed by atoms with Gasteiger partial charge in [0.25, 0.3) is 0 Å². The number of nitrogens with one attached hydrogen (secondary N) is 2. The van der Waals surface area contributed by atoms with Crippen molar-refractivity contribution in [2.45, 2.75) is 57.3 Å². The summed E-state index contributed by atoms with van der Waals surface area (Å²) < 4.78 is 11.5. The number of nitrogens with zero attached hydrogens (tertiary/aromatic N) is 2. The van der Waals surface area contributed by atoms with Crippen LogP contribution in [0.5, 0.6) is 5.88 Å². The van der Waals surface area contributed by atoms with E-state index in [0.717, 1.165) is 56.2 Å². The van der Waals surface area contributed by atoms with Crippen LogP contribution in [-0.4, -0.2) is 43.4 Å². The summed E-state index contributed by atoms with van der Waals surface area (Å²) in [6, 6.07) is 4.01. The van der Waals surface area contributed by atoms with Crippen molar-refractivity contribution in [3.63, 3.8) is 0 Å². The standard InChI is InChI=1S/C18H28N4O2/c1-19-18(22-13-16-7-4-10-23-16)21-12-14-8-9-17(20-11-14)24-15-5-2-3-6-15/h8-9,11,15-16H,2-7,10,12-13H2,1H3,(H2,19,21,22). The van der Waals surface area contributed by atoms with Crippen molar-refractivity contribution in [3.05, 3.63) is 23.9 Å². The Hall–Kier alpha value is -1.82. The first-order chi connectivity index (χ1) is 11.8. The first-order valence-electron chi connectivity index (χ1n) is 9.01. The van der Waals surface area contributed by atoms with Gasteiger partial charge in [-0.3, -0.25) is 4.99 Å². The molecule has 3 rings (SSSR count). The van der Waals surface area contributed by atoms with E-state index in [1.54, 1.807) is 7.05 Å². The van der Waals surface area contributed by atoms with Gasteiger partial charge >= 0.3 is 0 Å². The third kappa shape index (κ3) is 5.09. The minimum absolute atomic E-state index is 0.303. The number of rotatable bonds is 6. The molecule has 0 aromatic carbocycles. The highest BCUT2D eigenvalue weighted by atomic mass is 16.5. The lowest BCUT2D eigenvalue weighted by atomic mass is 10.2. The summed E-state index contributed by atoms with van der Waals surface area (Å²) in [5, 5.41) is 6.61. The van der Waals surface area contributed by atoms with Gasteiger partial charge in [-0.05, 0) is 44.1 Å². The molecule has 1 aromatic rings. The molecular formula is C18H28N4O2. The van der Waals surface area contributed by atoms with Gasteiger partial charge in [0.15, 0.2) is 5.96 Å². The van der Waals surface area contributed by atoms with E-state index in [4.69, 9.17) is 9.47 Å². The van der Waals surface area contributed by atoms with Gasteiger partial charge in [0.05, 0.1) is 6.10 Å². The lowest BCUT2D eigenvalue weighted by Crippen LogP contribution is -2.40. The Bertz CT molecular complexity index is 520. The zero-order valence-corrected chi connectivity index (χ0v) is 14.5. The molecule has 6 nitrogen and oxygen atoms in total. The van der Waals surface area contributed by atoms with Crippen LogP contribution in [0.1, 0.15) is 44.1 Å². The van der Waals surface area contributed by atoms with Crippen molar-refractivity contribution in [3.8, 4) is 5.88 Å². The second kappa shape index (κ2) is 8.87. The van der Waals surface area contributed by atoms with Crippen LogP contribution in [0.25, 0.3) is 0 Å². The Balaban J connectivity index is 1.41. The predicted octanol–water partition coefficient (Wildman–Crippen LogP) is 2.25. The number of guanidine groups is 1. The fourth-order valence-corrected chi connectivity index (χ4v) is 3.18. The lowest BCUT2D eigenvalue weighted by molar-refractivity contribution is 0.114. The van der Waals surface area contributed by atoms with E-state index in [9.17, 15) is 0 Å². The zero-order valence-electron chi connectivity index (χ0n) is 14.5. The highest BCUT2D eigenvalue weighted by Gasteiger charge is 2.17. The topological polar surface area (TPSA) is 67.8 Å². The summed E-state index contributed by atoms with van der Waals surface area (Å²) in [6.07, 6.45) is 9.63. The maximum absolute atomic E-state index is 5.89. The molecule has 1 aliphatic heterocycles. The van der Waals surface area contributed by atoms with E-state index in [1.807, 2.05) is 12.3 Å². The Labute approximate surface area is 144 Å². The van der Waals surface area contributed by atoms with Gasteiger partial charge in [0.2, 0.25) is 5.88 Å². The molecular weight excluding hydrogens is 304 g/mol. The molecule has 1 saturated carbocycles. The van der Waals surface area contributed by atoms with Crippen LogP contribution in [0, 0.1) is 0 Å². The van der Waals surface area contributed by atoms with Gasteiger partial charge in [0, 0.05) is 39.0 Å². The molecule has 0 bridgehead atoms. The first-order valence-corrected chi connectivity index (χ1v) is 9.01. The van der Waals surface area contributed by atoms with Crippen LogP contribution in [-0.2, 0) is 11.3 Å². The summed E-state index contributed by atoms with van der Waals surface area (Å²) in [4.78, 5) is 8.66. The largest absolute Gasteiger partial charge is 0.474 e. The minimum atomic E-state index is 0.303. The quantitative estimate of drug-likeness (QED) is 0.618. The van der Waals surface area contributed by atoms with Crippen molar-refractivity contribution >= 4 is 5.96 Å². The SMILES string of the molecule is CN=C(NCc1ccc(OC2CCCC2)nc1)NCC1CCCO1. The van der Waals surface area contributed by atoms with E-state index in [2.05, 4.69) is 26.7 Å². The van der Waals surface area contributed by atoms with Crippen LogP contribution in [0.2, 0.25) is 0 Å². The van der Waals surface area contributed by atoms with Crippen LogP contribution >= 0.6 is 0 Å². The van der Waals surface area contributed by atoms with Crippen molar-refractivity contribution < 1.29 is 9.47 Å². The van der Waals surface area contributed by atoms with Crippen molar-refractivity contribution in [1.82, 2.24) is 15.6 Å². The van der Waals surface area contributed by atoms with E-state index in [-0.39, 0.29) is 0 Å². The van der Waals surface area contributed by atoms with Crippen LogP contribution in [0.4, 0.5) is 0 Å². The first kappa shape index (κ1) is 17.0. The van der Waals surface area contributed by atoms with Gasteiger partial charge in [-0.25, -0.2) is 4.98 Å². The zero-order chi connectivity index (χ0) is 16.6. The lowest BCUT2D eigenvalue weighted by Gasteiger charge is -2.15. The van der Waals surface area contributed by atoms with Crippen molar-refractivity contribution in [1.29, 1.82) is 0 Å². The van der Waals surface area contributed by atoms with Gasteiger partial charge in [0.1, 0.15) is 6.10 Å². The molecule has 24 heavy (non-hydrogen) atoms. The fraction of sp³-hybridized carbons (Fsp3) is 0.667. The Morgan fingerprint density at radius 2 is 2.12 bits per heavy atom. The van der Waals surface area contributed by atoms with E-state index in [0.29, 0.717) is 18.8 Å². The third-order valence-corrected chi connectivity index (χ3v) is 4.59. The number of pyridine rings is 1. The summed E-state index contributed by atoms with van der Waals surface area (Å²) in [5.74, 6) is 1.52. The second-order valence-electron chi connectivity index (χ2n) is 6.47. The number of aromatic nitrogens is 1. The maximum atomic E-state index is 5.89. The highest BCUT2D eigenvalue weighted by Crippen LogP contribution is 2.22. The van der Waals surface area contributed by atoms with Crippen molar-refractivity contribution in [2.75, 3.05) is 20.2 Å². The molecule has 6 heteroatoms. The molecule has 0 radical (unpaired) electrons. The van der Waals surface area contributed by atoms with Gasteiger partial charge in [-0.2, -0.15) is 0 Å². The molecule has 2 fully saturated rings. The Morgan fingerprint density at radius 3 is 2.79 bits per heavy atom. The monoisotopic (exact) mass is 332 g/mol. The van der Waals surface area contributed by atoms with Gasteiger partial charge in [-0.15, -0.1) is 0 Å². The number of ether oxygens (including phenoxy) is 2. The van der Waals surface area contributed by atoms with Crippen LogP contribution in [0.15, 0.2) is 23.3 Å². The Morgan fingerprint density at radius 1 is 1.25 bits per heavy atom. The normalized spacial score (nSPS) is 21.9. The predicted molar refractivity (Wildman–Crippen MR) is 94.3 cm³/mol.